The Morgan fingerprint density at radius 2 is 1.34 bits per heavy atom. The second-order valence-electron chi connectivity index (χ2n) is 19.7. The Labute approximate surface area is 377 Å². The Morgan fingerprint density at radius 3 is 1.92 bits per heavy atom. The van der Waals surface area contributed by atoms with E-state index in [4.69, 9.17) is 33.2 Å². The lowest BCUT2D eigenvalue weighted by Crippen LogP contribution is -2.89. The molecule has 65 heavy (non-hydrogen) atoms. The van der Waals surface area contributed by atoms with Crippen LogP contribution in [-0.4, -0.2) is 111 Å². The molecule has 3 spiro atoms. The fourth-order valence-electron chi connectivity index (χ4n) is 13.4. The average molecular weight is 895 g/mol. The van der Waals surface area contributed by atoms with Gasteiger partial charge in [-0.05, 0) is 93.2 Å². The standard InChI is InChI=1S/C51H58O14/c1-28(2)36-25-34(26-59-43(54)31-16-8-5-9-17-31)49-39-38-29(3)24-35(60-44(55)32-18-10-6-11-19-32)22-14-15-23-37(53)51(63-49)64-50(36,65-51)40(49)42-47(27-52,62-42)46(57)48(39,58)41(30(38)4)61-45(56)33-20-12-7-13-21-33/h5-13,16-21,29-30,34-42,46,52-53,57-58H,1,14-15,22-27H2,2-4H3/t29-,30+,34+,35+,36+,37-,38+,39-,40-,41+,42+,46-,47+,48-,49+,50?,51?/m1/s1. The number of carbonyl (C=O) groups is 3. The Morgan fingerprint density at radius 1 is 0.769 bits per heavy atom. The molecule has 14 nitrogen and oxygen atoms in total. The largest absolute Gasteiger partial charge is 0.462 e. The van der Waals surface area contributed by atoms with Crippen LogP contribution in [0.2, 0.25) is 0 Å². The minimum Gasteiger partial charge on any atom is -0.462 e. The minimum absolute atomic E-state index is 0.145. The molecule has 0 unspecified atom stereocenters. The van der Waals surface area contributed by atoms with Gasteiger partial charge in [0.2, 0.25) is 0 Å². The van der Waals surface area contributed by atoms with Crippen LogP contribution in [0.3, 0.4) is 0 Å². The monoisotopic (exact) mass is 894 g/mol. The van der Waals surface area contributed by atoms with Crippen molar-refractivity contribution in [1.29, 1.82) is 0 Å². The van der Waals surface area contributed by atoms with Crippen molar-refractivity contribution in [3.63, 3.8) is 0 Å². The van der Waals surface area contributed by atoms with Crippen LogP contribution in [0.4, 0.5) is 0 Å². The summed E-state index contributed by atoms with van der Waals surface area (Å²) < 4.78 is 46.8. The first-order valence-corrected chi connectivity index (χ1v) is 23.0. The summed E-state index contributed by atoms with van der Waals surface area (Å²) in [5, 5.41) is 50.9. The third kappa shape index (κ3) is 6.53. The van der Waals surface area contributed by atoms with Crippen LogP contribution < -0.4 is 0 Å². The van der Waals surface area contributed by atoms with Crippen molar-refractivity contribution in [2.24, 2.45) is 41.4 Å². The summed E-state index contributed by atoms with van der Waals surface area (Å²) in [4.78, 5) is 41.9. The van der Waals surface area contributed by atoms with Crippen LogP contribution in [0.5, 0.6) is 0 Å². The molecule has 8 aliphatic rings. The van der Waals surface area contributed by atoms with Crippen LogP contribution in [0, 0.1) is 41.4 Å². The number of esters is 3. The lowest BCUT2D eigenvalue weighted by Gasteiger charge is -2.76. The molecule has 3 saturated carbocycles. The molecule has 0 aromatic heterocycles. The molecule has 3 bridgehead atoms. The predicted octanol–water partition coefficient (Wildman–Crippen LogP) is 5.37. The molecule has 0 amide bonds. The zero-order valence-electron chi connectivity index (χ0n) is 36.8. The number of benzene rings is 3. The Bertz CT molecular complexity index is 2300. The number of hydrogen-bond donors (Lipinski definition) is 4. The van der Waals surface area contributed by atoms with Crippen molar-refractivity contribution in [2.45, 2.75) is 118 Å². The van der Waals surface area contributed by atoms with Crippen LogP contribution >= 0.6 is 0 Å². The maximum absolute atomic E-state index is 14.3. The van der Waals surface area contributed by atoms with Crippen molar-refractivity contribution >= 4 is 17.9 Å². The first kappa shape index (κ1) is 44.3. The van der Waals surface area contributed by atoms with Gasteiger partial charge in [-0.25, -0.2) is 14.4 Å². The molecular formula is C51H58O14. The van der Waals surface area contributed by atoms with Crippen LogP contribution in [-0.2, 0) is 33.2 Å². The van der Waals surface area contributed by atoms with E-state index in [9.17, 15) is 34.8 Å². The van der Waals surface area contributed by atoms with Gasteiger partial charge in [0.1, 0.15) is 41.7 Å². The molecule has 3 aromatic carbocycles. The normalized spacial score (nSPS) is 43.4. The molecule has 3 aliphatic carbocycles. The Balaban J connectivity index is 1.18. The number of aliphatic hydroxyl groups excluding tert-OH is 3. The Kier molecular flexibility index (Phi) is 11.0. The van der Waals surface area contributed by atoms with E-state index in [2.05, 4.69) is 6.58 Å². The van der Waals surface area contributed by atoms with Gasteiger partial charge in [-0.3, -0.25) is 9.47 Å². The van der Waals surface area contributed by atoms with Crippen molar-refractivity contribution in [1.82, 2.24) is 0 Å². The average Bonchev–Trinajstić information content (AvgIpc) is 4.00. The van der Waals surface area contributed by atoms with Gasteiger partial charge in [-0.2, -0.15) is 0 Å². The summed E-state index contributed by atoms with van der Waals surface area (Å²) in [6.45, 7) is 9.06. The zero-order valence-corrected chi connectivity index (χ0v) is 36.8. The van der Waals surface area contributed by atoms with Gasteiger partial charge in [0.05, 0.1) is 41.4 Å². The van der Waals surface area contributed by atoms with E-state index in [0.29, 0.717) is 42.4 Å². The molecule has 3 aromatic rings. The topological polar surface area (TPSA) is 200 Å². The molecule has 14 heteroatoms. The number of fused-ring (bicyclic) bond motifs is 1. The van der Waals surface area contributed by atoms with E-state index < -0.39 is 125 Å². The third-order valence-corrected chi connectivity index (χ3v) is 16.1. The van der Waals surface area contributed by atoms with E-state index in [1.807, 2.05) is 26.8 Å². The highest BCUT2D eigenvalue weighted by Gasteiger charge is 2.94. The van der Waals surface area contributed by atoms with Gasteiger partial charge < -0.3 is 44.1 Å². The van der Waals surface area contributed by atoms with Crippen molar-refractivity contribution in [3.8, 4) is 0 Å². The number of hydrogen-bond acceptors (Lipinski definition) is 14. The predicted molar refractivity (Wildman–Crippen MR) is 229 cm³/mol. The summed E-state index contributed by atoms with van der Waals surface area (Å²) in [5.41, 5.74) is -4.41. The number of aliphatic hydroxyl groups is 4. The van der Waals surface area contributed by atoms with E-state index >= 15 is 0 Å². The van der Waals surface area contributed by atoms with Gasteiger partial charge in [0, 0.05) is 17.8 Å². The number of rotatable bonds is 9. The summed E-state index contributed by atoms with van der Waals surface area (Å²) in [6, 6.07) is 25.6. The van der Waals surface area contributed by atoms with Crippen LogP contribution in [0.25, 0.3) is 0 Å². The number of carbonyl (C=O) groups excluding carboxylic acids is 3. The highest BCUT2D eigenvalue weighted by Crippen LogP contribution is 2.78. The molecule has 0 radical (unpaired) electrons. The van der Waals surface area contributed by atoms with E-state index in [0.717, 1.165) is 0 Å². The van der Waals surface area contributed by atoms with Crippen LogP contribution in [0.1, 0.15) is 90.4 Å². The first-order valence-electron chi connectivity index (χ1n) is 23.0. The lowest BCUT2D eigenvalue weighted by atomic mass is 9.50. The lowest BCUT2D eigenvalue weighted by molar-refractivity contribution is -0.689. The molecule has 11 rings (SSSR count). The molecule has 5 saturated heterocycles. The second-order valence-corrected chi connectivity index (χ2v) is 19.7. The smallest absolute Gasteiger partial charge is 0.338 e. The highest BCUT2D eigenvalue weighted by molar-refractivity contribution is 5.90. The van der Waals surface area contributed by atoms with E-state index in [1.54, 1.807) is 84.9 Å². The van der Waals surface area contributed by atoms with Gasteiger partial charge in [-0.1, -0.05) is 87.0 Å². The minimum atomic E-state index is -2.43. The quantitative estimate of drug-likeness (QED) is 0.0926. The summed E-state index contributed by atoms with van der Waals surface area (Å²) >= 11 is 0. The van der Waals surface area contributed by atoms with E-state index in [1.165, 1.54) is 0 Å². The van der Waals surface area contributed by atoms with Crippen molar-refractivity contribution < 1.29 is 68.0 Å². The zero-order chi connectivity index (χ0) is 45.7. The molecule has 5 heterocycles. The SMILES string of the molecule is C=C(C)[C@@H]1C[C@@H](COC(=O)c2ccccc2)[C@@]23OC45OC1(O4)[C@@H]2[C@@H]1O[C@]1(CO)[C@@H](O)[C@@]1(O)[C@H]3[C@H]([C@H](C)[C@@H]1OC(=O)c1ccccc1)[C@H](C)C[C@@H](OC(=O)c1ccccc1)CCCC[C@H]5O. The maximum Gasteiger partial charge on any atom is 0.338 e. The fourth-order valence-corrected chi connectivity index (χ4v) is 13.4. The fraction of sp³-hybridized carbons (Fsp3) is 0.549. The van der Waals surface area contributed by atoms with Crippen molar-refractivity contribution in [3.05, 3.63) is 120 Å². The summed E-state index contributed by atoms with van der Waals surface area (Å²) in [5.74, 6) is -11.1. The van der Waals surface area contributed by atoms with E-state index in [-0.39, 0.29) is 25.0 Å². The second kappa shape index (κ2) is 16.1. The van der Waals surface area contributed by atoms with Gasteiger partial charge in [-0.15, -0.1) is 0 Å². The summed E-state index contributed by atoms with van der Waals surface area (Å²) in [7, 11) is 0. The molecule has 346 valence electrons. The van der Waals surface area contributed by atoms with Gasteiger partial charge in [0.15, 0.2) is 5.79 Å². The molecule has 8 fully saturated rings. The molecule has 4 N–H and O–H groups in total. The first-order chi connectivity index (χ1) is 31.2. The summed E-state index contributed by atoms with van der Waals surface area (Å²) in [6.07, 6.45) is -4.31. The van der Waals surface area contributed by atoms with Gasteiger partial charge in [0.25, 0.3) is 0 Å². The van der Waals surface area contributed by atoms with Crippen molar-refractivity contribution in [2.75, 3.05) is 13.2 Å². The molecule has 15 atom stereocenters. The van der Waals surface area contributed by atoms with Crippen LogP contribution in [0.15, 0.2) is 103 Å². The number of epoxide rings is 1. The third-order valence-electron chi connectivity index (χ3n) is 16.1. The maximum atomic E-state index is 14.3. The highest BCUT2D eigenvalue weighted by atomic mass is 17.0. The molecule has 5 aliphatic heterocycles. The Hall–Kier alpha value is -4.51. The number of ether oxygens (including phenoxy) is 7. The molecular weight excluding hydrogens is 837 g/mol. The van der Waals surface area contributed by atoms with Gasteiger partial charge >= 0.3 is 23.9 Å².